The van der Waals surface area contributed by atoms with E-state index in [0.29, 0.717) is 33.9 Å². The first kappa shape index (κ1) is 39.7. The van der Waals surface area contributed by atoms with Crippen molar-refractivity contribution in [2.24, 2.45) is 0 Å². The van der Waals surface area contributed by atoms with E-state index in [9.17, 15) is 0 Å². The molecule has 0 aliphatic carbocycles. The summed E-state index contributed by atoms with van der Waals surface area (Å²) in [6.07, 6.45) is 0. The smallest absolute Gasteiger partial charge is 0.164 e. The quantitative estimate of drug-likeness (QED) is 0.161. The summed E-state index contributed by atoms with van der Waals surface area (Å²) in [4.78, 5) is 14.9. The van der Waals surface area contributed by atoms with Crippen LogP contribution in [0.3, 0.4) is 0 Å². The fourth-order valence-electron chi connectivity index (χ4n) is 10.2. The number of rotatable bonds is 5. The summed E-state index contributed by atoms with van der Waals surface area (Å²) in [5.74, 6) is 0.861. The van der Waals surface area contributed by atoms with Gasteiger partial charge >= 0.3 is 0 Å². The standard InChI is InChI=1S/C57H27B5N4O3/c58-49-48(50(59)52(61)53(62)51(49)60)57-64-55(29-18-21-35-34-11-3-7-15-42(34)67-45(35)26-29)63-56(65-57)30-19-22-37-36-20-17-28(25-44(36)68-46(37)27-30)31-23-24-41(54-47(31)38-12-4-8-16-43(38)69-54)66-39-13-5-1-9-32(39)33-10-2-6-14-40(33)66/h1-27H. The first-order chi connectivity index (χ1) is 33.8. The second-order valence-electron chi connectivity index (χ2n) is 17.4. The zero-order chi connectivity index (χ0) is 46.2. The van der Waals surface area contributed by atoms with Crippen LogP contribution in [0.1, 0.15) is 0 Å². The van der Waals surface area contributed by atoms with Crippen molar-refractivity contribution >= 4 is 154 Å². The maximum absolute atomic E-state index is 6.80. The number of fused-ring (bicyclic) bond motifs is 12. The first-order valence-electron chi connectivity index (χ1n) is 22.4. The van der Waals surface area contributed by atoms with Gasteiger partial charge in [0.25, 0.3) is 0 Å². The molecule has 0 saturated heterocycles. The lowest BCUT2D eigenvalue weighted by atomic mass is 9.60. The molecule has 0 spiro atoms. The molecule has 10 radical (unpaired) electrons. The number of nitrogens with zero attached hydrogens (tertiary/aromatic N) is 4. The van der Waals surface area contributed by atoms with Gasteiger partial charge in [-0.3, -0.25) is 0 Å². The molecule has 0 amide bonds. The lowest BCUT2D eigenvalue weighted by Crippen LogP contribution is -2.55. The highest BCUT2D eigenvalue weighted by Crippen LogP contribution is 2.44. The largest absolute Gasteiger partial charge is 0.456 e. The number of hydrogen-bond acceptors (Lipinski definition) is 6. The summed E-state index contributed by atoms with van der Waals surface area (Å²) in [5.41, 5.74) is 11.7. The Morgan fingerprint density at radius 2 is 0.783 bits per heavy atom. The molecule has 0 aliphatic heterocycles. The van der Waals surface area contributed by atoms with Crippen LogP contribution < -0.4 is 27.3 Å². The van der Waals surface area contributed by atoms with Crippen LogP contribution in [-0.2, 0) is 0 Å². The number of aromatic nitrogens is 4. The van der Waals surface area contributed by atoms with Crippen molar-refractivity contribution in [2.45, 2.75) is 0 Å². The van der Waals surface area contributed by atoms with Crippen molar-refractivity contribution in [1.29, 1.82) is 0 Å². The minimum absolute atomic E-state index is 0.0905. The van der Waals surface area contributed by atoms with Gasteiger partial charge in [-0.2, -0.15) is 0 Å². The number of para-hydroxylation sites is 4. The van der Waals surface area contributed by atoms with Gasteiger partial charge in [0.2, 0.25) is 0 Å². The highest BCUT2D eigenvalue weighted by molar-refractivity contribution is 6.68. The van der Waals surface area contributed by atoms with Crippen molar-refractivity contribution in [3.8, 4) is 51.0 Å². The van der Waals surface area contributed by atoms with Gasteiger partial charge in [-0.05, 0) is 77.9 Å². The Morgan fingerprint density at radius 1 is 0.348 bits per heavy atom. The van der Waals surface area contributed by atoms with Crippen molar-refractivity contribution in [2.75, 3.05) is 0 Å². The van der Waals surface area contributed by atoms with E-state index < -0.39 is 0 Å². The van der Waals surface area contributed by atoms with Gasteiger partial charge in [-0.25, -0.2) is 15.0 Å². The second kappa shape index (κ2) is 14.8. The molecule has 0 fully saturated rings. The molecule has 12 heteroatoms. The summed E-state index contributed by atoms with van der Waals surface area (Å²) in [6.45, 7) is 0. The molecule has 14 aromatic rings. The molecule has 5 heterocycles. The lowest BCUT2D eigenvalue weighted by Gasteiger charge is -2.20. The van der Waals surface area contributed by atoms with E-state index in [1.165, 1.54) is 10.8 Å². The molecule has 0 N–H and O–H groups in total. The van der Waals surface area contributed by atoms with Crippen molar-refractivity contribution in [3.63, 3.8) is 0 Å². The molecule has 0 unspecified atom stereocenters. The maximum Gasteiger partial charge on any atom is 0.164 e. The second-order valence-corrected chi connectivity index (χ2v) is 17.4. The number of hydrogen-bond donors (Lipinski definition) is 0. The Bertz CT molecular complexity index is 4450. The first-order valence-corrected chi connectivity index (χ1v) is 22.4. The van der Waals surface area contributed by atoms with Crippen LogP contribution in [0, 0.1) is 0 Å². The minimum atomic E-state index is 0.0905. The Balaban J connectivity index is 0.921. The molecule has 69 heavy (non-hydrogen) atoms. The van der Waals surface area contributed by atoms with Gasteiger partial charge in [0.1, 0.15) is 67.1 Å². The molecule has 308 valence electrons. The average molecular weight is 870 g/mol. The third kappa shape index (κ3) is 5.85. The highest BCUT2D eigenvalue weighted by Gasteiger charge is 2.23. The van der Waals surface area contributed by atoms with Crippen LogP contribution >= 0.6 is 0 Å². The zero-order valence-corrected chi connectivity index (χ0v) is 36.5. The molecule has 0 bridgehead atoms. The molecule has 9 aromatic carbocycles. The van der Waals surface area contributed by atoms with Gasteiger partial charge in [-0.15, -0.1) is 16.4 Å². The molecule has 14 rings (SSSR count). The van der Waals surface area contributed by atoms with Crippen LogP contribution in [-0.4, -0.2) is 58.8 Å². The molecular weight excluding hydrogens is 843 g/mol. The molecule has 5 aromatic heterocycles. The SMILES string of the molecule is [B]c1c([B])c([B])c(-c2nc(-c3ccc4c(c3)oc3ccccc34)nc(-c3ccc4c(c3)oc3cc(-c5ccc(-n6c7ccccc7c7ccccc76)c6oc7ccccc7c56)ccc34)n2)c([B])c1[B]. The monoisotopic (exact) mass is 870 g/mol. The summed E-state index contributed by atoms with van der Waals surface area (Å²) >= 11 is 0. The molecule has 0 saturated carbocycles. The predicted octanol–water partition coefficient (Wildman–Crippen LogP) is 9.30. The fraction of sp³-hybridized carbons (Fsp3) is 0. The predicted molar refractivity (Wildman–Crippen MR) is 285 cm³/mol. The van der Waals surface area contributed by atoms with E-state index in [0.717, 1.165) is 82.5 Å². The summed E-state index contributed by atoms with van der Waals surface area (Å²) in [7, 11) is 32.1. The van der Waals surface area contributed by atoms with Crippen LogP contribution in [0.2, 0.25) is 0 Å². The Kier molecular flexibility index (Phi) is 8.48. The van der Waals surface area contributed by atoms with E-state index in [2.05, 4.69) is 95.6 Å². The van der Waals surface area contributed by atoms with E-state index in [1.54, 1.807) is 0 Å². The highest BCUT2D eigenvalue weighted by atomic mass is 16.3. The average Bonchev–Trinajstić information content (AvgIpc) is 4.16. The molecule has 0 aliphatic rings. The van der Waals surface area contributed by atoms with Crippen molar-refractivity contribution in [1.82, 2.24) is 19.5 Å². The Morgan fingerprint density at radius 3 is 1.38 bits per heavy atom. The lowest BCUT2D eigenvalue weighted by molar-refractivity contribution is 0.666. The zero-order valence-electron chi connectivity index (χ0n) is 36.5. The van der Waals surface area contributed by atoms with E-state index >= 15 is 0 Å². The number of furan rings is 3. The molecule has 7 nitrogen and oxygen atoms in total. The molecular formula is C57H27B5N4O3. The third-order valence-corrected chi connectivity index (χ3v) is 13.6. The van der Waals surface area contributed by atoms with Crippen LogP contribution in [0.15, 0.2) is 177 Å². The Hall–Kier alpha value is -8.49. The normalized spacial score (nSPS) is 12.1. The topological polar surface area (TPSA) is 83.0 Å². The Labute approximate surface area is 399 Å². The maximum atomic E-state index is 6.80. The third-order valence-electron chi connectivity index (χ3n) is 13.6. The van der Waals surface area contributed by atoms with Crippen LogP contribution in [0.25, 0.3) is 139 Å². The number of benzene rings is 9. The summed E-state index contributed by atoms with van der Waals surface area (Å²) < 4.78 is 22.1. The fourth-order valence-corrected chi connectivity index (χ4v) is 10.2. The van der Waals surface area contributed by atoms with E-state index in [1.807, 2.05) is 72.8 Å². The van der Waals surface area contributed by atoms with Gasteiger partial charge in [-0.1, -0.05) is 108 Å². The molecule has 0 atom stereocenters. The van der Waals surface area contributed by atoms with Gasteiger partial charge in [0, 0.05) is 59.8 Å². The van der Waals surface area contributed by atoms with E-state index in [-0.39, 0.29) is 38.7 Å². The van der Waals surface area contributed by atoms with Gasteiger partial charge in [0.05, 0.1) is 16.7 Å². The van der Waals surface area contributed by atoms with E-state index in [4.69, 9.17) is 67.4 Å². The summed E-state index contributed by atoms with van der Waals surface area (Å²) in [6, 6.07) is 55.6. The van der Waals surface area contributed by atoms with Crippen LogP contribution in [0.5, 0.6) is 0 Å². The van der Waals surface area contributed by atoms with Gasteiger partial charge < -0.3 is 17.8 Å². The van der Waals surface area contributed by atoms with Gasteiger partial charge in [0.15, 0.2) is 23.1 Å². The van der Waals surface area contributed by atoms with Crippen LogP contribution in [0.4, 0.5) is 0 Å². The summed E-state index contributed by atoms with van der Waals surface area (Å²) in [5, 5.41) is 8.28. The van der Waals surface area contributed by atoms with Crippen molar-refractivity contribution < 1.29 is 13.3 Å². The minimum Gasteiger partial charge on any atom is -0.456 e. The van der Waals surface area contributed by atoms with Crippen molar-refractivity contribution in [3.05, 3.63) is 164 Å².